The molecule has 412 valence electrons. The van der Waals surface area contributed by atoms with Gasteiger partial charge in [-0.25, -0.2) is 4.79 Å². The number of ether oxygens (including phenoxy) is 1. The normalized spacial score (nSPS) is 24.5. The van der Waals surface area contributed by atoms with Gasteiger partial charge in [-0.3, -0.25) is 43.2 Å². The Balaban J connectivity index is 3.98. The van der Waals surface area contributed by atoms with Crippen molar-refractivity contribution in [3.8, 4) is 0 Å². The van der Waals surface area contributed by atoms with Crippen molar-refractivity contribution in [2.75, 3.05) is 0 Å². The summed E-state index contributed by atoms with van der Waals surface area (Å²) in [7, 11) is 0. The van der Waals surface area contributed by atoms with Gasteiger partial charge >= 0.3 is 11.9 Å². The second kappa shape index (κ2) is 34.2. The van der Waals surface area contributed by atoms with Gasteiger partial charge in [0.1, 0.15) is 48.4 Å². The monoisotopic (exact) mass is 1020 g/mol. The van der Waals surface area contributed by atoms with Crippen molar-refractivity contribution in [1.29, 1.82) is 0 Å². The van der Waals surface area contributed by atoms with Gasteiger partial charge in [-0.05, 0) is 68.1 Å². The highest BCUT2D eigenvalue weighted by atomic mass is 16.5. The van der Waals surface area contributed by atoms with Crippen molar-refractivity contribution in [2.24, 2.45) is 35.3 Å². The lowest BCUT2D eigenvalue weighted by molar-refractivity contribution is -0.156. The van der Waals surface area contributed by atoms with E-state index in [1.807, 2.05) is 34.6 Å². The third-order valence-corrected chi connectivity index (χ3v) is 12.7. The molecule has 1 aliphatic heterocycles. The molecule has 0 aliphatic carbocycles. The predicted molar refractivity (Wildman–Crippen MR) is 273 cm³/mol. The van der Waals surface area contributed by atoms with Crippen LogP contribution in [0.5, 0.6) is 0 Å². The molecule has 0 radical (unpaired) electrons. The number of carbonyl (C=O) groups excluding carboxylic acids is 9. The summed E-state index contributed by atoms with van der Waals surface area (Å²) in [4.78, 5) is 137. The summed E-state index contributed by atoms with van der Waals surface area (Å²) in [5, 5.41) is 28.4. The van der Waals surface area contributed by atoms with E-state index in [1.165, 1.54) is 12.8 Å². The van der Waals surface area contributed by atoms with Crippen molar-refractivity contribution >= 4 is 59.2 Å². The number of hydrogen-bond donors (Lipinski definition) is 9. The lowest BCUT2D eigenvalue weighted by Gasteiger charge is -2.30. The zero-order valence-corrected chi connectivity index (χ0v) is 45.2. The van der Waals surface area contributed by atoms with E-state index in [2.05, 4.69) is 44.1 Å². The summed E-state index contributed by atoms with van der Waals surface area (Å²) in [6, 6.07) is -9.48. The molecule has 20 nitrogen and oxygen atoms in total. The smallest absolute Gasteiger partial charge is 0.329 e. The van der Waals surface area contributed by atoms with Gasteiger partial charge in [0.25, 0.3) is 0 Å². The highest BCUT2D eigenvalue weighted by Gasteiger charge is 2.38. The van der Waals surface area contributed by atoms with Gasteiger partial charge in [0, 0.05) is 6.42 Å². The first-order valence-corrected chi connectivity index (χ1v) is 26.6. The maximum atomic E-state index is 14.3. The average molecular weight is 1020 g/mol. The fourth-order valence-corrected chi connectivity index (χ4v) is 8.42. The van der Waals surface area contributed by atoms with Crippen LogP contribution in [0, 0.1) is 29.6 Å². The van der Waals surface area contributed by atoms with E-state index in [1.54, 1.807) is 34.6 Å². The highest BCUT2D eigenvalue weighted by molar-refractivity contribution is 5.98. The Hall–Kier alpha value is -5.30. The average Bonchev–Trinajstić information content (AvgIpc) is 3.27. The van der Waals surface area contributed by atoms with Crippen LogP contribution in [0.1, 0.15) is 192 Å². The Morgan fingerprint density at radius 1 is 0.542 bits per heavy atom. The molecule has 0 bridgehead atoms. The molecule has 1 rings (SSSR count). The van der Waals surface area contributed by atoms with E-state index in [0.717, 1.165) is 38.5 Å². The fourth-order valence-electron chi connectivity index (χ4n) is 8.42. The molecule has 72 heavy (non-hydrogen) atoms. The number of rotatable bonds is 24. The summed E-state index contributed by atoms with van der Waals surface area (Å²) in [5.41, 5.74) is 5.49. The number of carboxylic acid groups (broad SMARTS) is 1. The van der Waals surface area contributed by atoms with Crippen LogP contribution in [-0.2, 0) is 52.7 Å². The molecule has 20 heteroatoms. The first-order valence-electron chi connectivity index (χ1n) is 26.6. The van der Waals surface area contributed by atoms with E-state index in [-0.39, 0.29) is 56.3 Å². The van der Waals surface area contributed by atoms with E-state index >= 15 is 0 Å². The zero-order chi connectivity index (χ0) is 54.7. The number of unbranched alkanes of at least 4 members (excludes halogenated alkanes) is 8. The second-order valence-corrected chi connectivity index (χ2v) is 21.3. The minimum Gasteiger partial charge on any atom is -0.481 e. The molecular formula is C52H92N8O12. The largest absolute Gasteiger partial charge is 0.481 e. The highest BCUT2D eigenvalue weighted by Crippen LogP contribution is 2.19. The van der Waals surface area contributed by atoms with Crippen molar-refractivity contribution in [2.45, 2.75) is 240 Å². The summed E-state index contributed by atoms with van der Waals surface area (Å²) >= 11 is 0. The second-order valence-electron chi connectivity index (χ2n) is 21.3. The van der Waals surface area contributed by atoms with E-state index in [9.17, 15) is 53.1 Å². The van der Waals surface area contributed by atoms with Crippen LogP contribution >= 0.6 is 0 Å². The number of cyclic esters (lactones) is 1. The molecule has 8 amide bonds. The third-order valence-electron chi connectivity index (χ3n) is 12.7. The molecule has 9 atom stereocenters. The Morgan fingerprint density at radius 3 is 1.39 bits per heavy atom. The number of carboxylic acids is 1. The maximum absolute atomic E-state index is 14.3. The third kappa shape index (κ3) is 25.9. The van der Waals surface area contributed by atoms with Gasteiger partial charge in [-0.2, -0.15) is 0 Å². The van der Waals surface area contributed by atoms with Crippen molar-refractivity contribution in [3.05, 3.63) is 0 Å². The fraction of sp³-hybridized carbons (Fsp3) is 0.808. The topological polar surface area (TPSA) is 310 Å². The van der Waals surface area contributed by atoms with Crippen LogP contribution in [-0.4, -0.2) is 113 Å². The molecule has 4 unspecified atom stereocenters. The predicted octanol–water partition coefficient (Wildman–Crippen LogP) is 4.20. The zero-order valence-electron chi connectivity index (χ0n) is 45.2. The van der Waals surface area contributed by atoms with E-state index < -0.39 is 132 Å². The number of esters is 1. The molecule has 1 heterocycles. The molecule has 1 saturated heterocycles. The number of nitrogens with two attached hydrogens (primary N) is 1. The summed E-state index contributed by atoms with van der Waals surface area (Å²) in [6.07, 6.45) is 7.10. The number of carbonyl (C=O) groups is 10. The minimum atomic E-state index is -1.72. The molecule has 0 saturated carbocycles. The molecule has 0 aromatic rings. The Bertz CT molecular complexity index is 1770. The van der Waals surface area contributed by atoms with Crippen LogP contribution in [0.2, 0.25) is 0 Å². The number of hydrogen-bond acceptors (Lipinski definition) is 11. The van der Waals surface area contributed by atoms with Crippen molar-refractivity contribution in [1.82, 2.24) is 37.2 Å². The van der Waals surface area contributed by atoms with E-state index in [0.29, 0.717) is 12.8 Å². The first-order chi connectivity index (χ1) is 33.8. The lowest BCUT2D eigenvalue weighted by Crippen LogP contribution is -2.61. The summed E-state index contributed by atoms with van der Waals surface area (Å²) in [6.45, 7) is 19.8. The van der Waals surface area contributed by atoms with Crippen molar-refractivity contribution < 1.29 is 57.8 Å². The van der Waals surface area contributed by atoms with Crippen LogP contribution in [0.15, 0.2) is 0 Å². The van der Waals surface area contributed by atoms with E-state index in [4.69, 9.17) is 10.5 Å². The van der Waals surface area contributed by atoms with Gasteiger partial charge in [-0.15, -0.1) is 0 Å². The molecule has 0 aromatic carbocycles. The SMILES string of the molecule is CCCCCCCCCCCC1CC(=O)N[C@H](CCC(N)=O)C(=O)NC(CC(C)C)C(=O)N[C@@H](CC(C)C)C(=O)N[C@H](C(C)C)C(=O)NC(CC(=O)O)C(=O)N[C@@H](CC(C)C)C(=O)NC([C@@H](C)CC)C(=O)O1. The van der Waals surface area contributed by atoms with Crippen LogP contribution in [0.4, 0.5) is 0 Å². The number of aliphatic carboxylic acids is 1. The molecular weight excluding hydrogens is 929 g/mol. The lowest BCUT2D eigenvalue weighted by atomic mass is 9.97. The van der Waals surface area contributed by atoms with Crippen molar-refractivity contribution in [3.63, 3.8) is 0 Å². The first kappa shape index (κ1) is 64.7. The van der Waals surface area contributed by atoms with Gasteiger partial charge < -0.3 is 52.8 Å². The van der Waals surface area contributed by atoms with Crippen LogP contribution < -0.4 is 43.0 Å². The maximum Gasteiger partial charge on any atom is 0.329 e. The van der Waals surface area contributed by atoms with Gasteiger partial charge in [0.05, 0.1) is 12.8 Å². The Kier molecular flexibility index (Phi) is 30.7. The molecule has 10 N–H and O–H groups in total. The number of amides is 8. The Morgan fingerprint density at radius 2 is 0.958 bits per heavy atom. The number of primary amides is 1. The summed E-state index contributed by atoms with van der Waals surface area (Å²) < 4.78 is 6.07. The quantitative estimate of drug-likeness (QED) is 0.0486. The summed E-state index contributed by atoms with van der Waals surface area (Å²) in [5.74, 6) is -10.4. The molecule has 0 spiro atoms. The molecule has 1 fully saturated rings. The van der Waals surface area contributed by atoms with Gasteiger partial charge in [-0.1, -0.05) is 134 Å². The van der Waals surface area contributed by atoms with Crippen LogP contribution in [0.3, 0.4) is 0 Å². The molecule has 0 aromatic heterocycles. The Labute approximate surface area is 428 Å². The minimum absolute atomic E-state index is 0.0468. The molecule has 1 aliphatic rings. The van der Waals surface area contributed by atoms with Gasteiger partial charge in [0.2, 0.25) is 47.3 Å². The van der Waals surface area contributed by atoms with Gasteiger partial charge in [0.15, 0.2) is 0 Å². The van der Waals surface area contributed by atoms with Crippen LogP contribution in [0.25, 0.3) is 0 Å². The standard InChI is InChI=1S/C52H92N8O12/c1-12-14-15-16-17-18-19-20-21-22-35-28-42(62)54-36(23-24-41(53)61)46(65)55-37(25-30(3)4)47(66)56-38(26-31(5)6)49(68)59-44(33(9)10)51(70)58-40(29-43(63)64)48(67)57-39(27-32(7)8)50(69)60-45(34(11)13-2)52(71)72-35/h30-40,44-45H,12-29H2,1-11H3,(H2,53,61)(H,54,62)(H,55,65)(H,56,66)(H,57,67)(H,58,70)(H,59,68)(H,60,69)(H,63,64)/t34-,35?,36+,37?,38-,39-,40?,44+,45?/m0/s1. The number of nitrogens with one attached hydrogen (secondary N) is 7.